The summed E-state index contributed by atoms with van der Waals surface area (Å²) in [6.45, 7) is 0. The number of hydrogen-bond donors (Lipinski definition) is 0. The molecule has 2 aromatic heterocycles. The van der Waals surface area contributed by atoms with Crippen LogP contribution in [0.3, 0.4) is 0 Å². The van der Waals surface area contributed by atoms with Crippen LogP contribution in [0.1, 0.15) is 0 Å². The maximum absolute atomic E-state index is 6.78. The highest BCUT2D eigenvalue weighted by Gasteiger charge is 2.24. The summed E-state index contributed by atoms with van der Waals surface area (Å²) < 4.78 is 13.2. The average Bonchev–Trinajstić information content (AvgIpc) is 3.78. The van der Waals surface area contributed by atoms with Gasteiger partial charge in [0, 0.05) is 44.0 Å². The molecule has 0 N–H and O–H groups in total. The Morgan fingerprint density at radius 1 is 0.294 bits per heavy atom. The smallest absolute Gasteiger partial charge is 0.160 e. The molecule has 0 bridgehead atoms. The van der Waals surface area contributed by atoms with Crippen LogP contribution in [-0.2, 0) is 0 Å². The van der Waals surface area contributed by atoms with E-state index in [1.165, 1.54) is 11.1 Å². The van der Waals surface area contributed by atoms with Crippen LogP contribution in [0.5, 0.6) is 0 Å². The average molecular weight is 654 g/mol. The molecule has 0 saturated heterocycles. The predicted octanol–water partition coefficient (Wildman–Crippen LogP) is 14.0. The van der Waals surface area contributed by atoms with Crippen LogP contribution >= 0.6 is 0 Å². The first-order valence-corrected chi connectivity index (χ1v) is 17.3. The normalized spacial score (nSPS) is 11.5. The molecule has 0 radical (unpaired) electrons. The van der Waals surface area contributed by atoms with Crippen molar-refractivity contribution < 1.29 is 8.83 Å². The minimum absolute atomic E-state index is 0.848. The molecule has 0 saturated carbocycles. The molecule has 2 heterocycles. The number of furan rings is 2. The topological polar surface area (TPSA) is 29.5 Å². The van der Waals surface area contributed by atoms with E-state index in [0.29, 0.717) is 0 Å². The zero-order valence-corrected chi connectivity index (χ0v) is 27.7. The molecule has 240 valence electrons. The van der Waals surface area contributed by atoms with Crippen molar-refractivity contribution in [2.24, 2.45) is 0 Å². The van der Waals surface area contributed by atoms with Gasteiger partial charge in [-0.2, -0.15) is 0 Å². The van der Waals surface area contributed by atoms with Crippen molar-refractivity contribution in [2.45, 2.75) is 0 Å². The van der Waals surface area contributed by atoms with Gasteiger partial charge in [0.15, 0.2) is 5.58 Å². The van der Waals surface area contributed by atoms with E-state index in [0.717, 1.165) is 83.2 Å². The number of para-hydroxylation sites is 3. The lowest BCUT2D eigenvalue weighted by atomic mass is 9.98. The number of hydrogen-bond acceptors (Lipinski definition) is 3. The van der Waals surface area contributed by atoms with Crippen LogP contribution in [0.25, 0.3) is 77.3 Å². The summed E-state index contributed by atoms with van der Waals surface area (Å²) in [4.78, 5) is 2.34. The summed E-state index contributed by atoms with van der Waals surface area (Å²) in [7, 11) is 0. The summed E-state index contributed by atoms with van der Waals surface area (Å²) in [5, 5.41) is 4.43. The van der Waals surface area contributed by atoms with E-state index in [9.17, 15) is 0 Å². The summed E-state index contributed by atoms with van der Waals surface area (Å²) in [5.41, 5.74) is 13.3. The highest BCUT2D eigenvalue weighted by molar-refractivity contribution is 6.14. The summed E-state index contributed by atoms with van der Waals surface area (Å²) in [6, 6.07) is 66.1. The summed E-state index contributed by atoms with van der Waals surface area (Å²) in [5.74, 6) is 0. The molecule has 0 unspecified atom stereocenters. The van der Waals surface area contributed by atoms with Crippen molar-refractivity contribution in [3.8, 4) is 33.4 Å². The molecule has 10 rings (SSSR count). The Balaban J connectivity index is 1.19. The molecule has 0 amide bonds. The van der Waals surface area contributed by atoms with Gasteiger partial charge in [-0.3, -0.25) is 0 Å². The van der Waals surface area contributed by atoms with Gasteiger partial charge in [0.05, 0.1) is 5.69 Å². The molecular weight excluding hydrogens is 623 g/mol. The molecule has 0 aliphatic rings. The number of nitrogens with zero attached hydrogens (tertiary/aromatic N) is 1. The lowest BCUT2D eigenvalue weighted by Crippen LogP contribution is -2.11. The first kappa shape index (κ1) is 29.1. The largest absolute Gasteiger partial charge is 0.455 e. The van der Waals surface area contributed by atoms with Crippen molar-refractivity contribution in [3.05, 3.63) is 188 Å². The molecule has 3 heteroatoms. The maximum atomic E-state index is 6.78. The second-order valence-corrected chi connectivity index (χ2v) is 12.9. The Bertz CT molecular complexity index is 2830. The number of fused-ring (bicyclic) bond motifs is 6. The highest BCUT2D eigenvalue weighted by atomic mass is 16.3. The van der Waals surface area contributed by atoms with Crippen molar-refractivity contribution in [3.63, 3.8) is 0 Å². The second-order valence-electron chi connectivity index (χ2n) is 12.9. The van der Waals surface area contributed by atoms with Gasteiger partial charge in [0.2, 0.25) is 0 Å². The van der Waals surface area contributed by atoms with Gasteiger partial charge < -0.3 is 13.7 Å². The second kappa shape index (κ2) is 11.9. The fourth-order valence-corrected chi connectivity index (χ4v) is 7.45. The molecule has 0 fully saturated rings. The third-order valence-corrected chi connectivity index (χ3v) is 9.90. The Morgan fingerprint density at radius 2 is 0.765 bits per heavy atom. The van der Waals surface area contributed by atoms with E-state index in [4.69, 9.17) is 8.83 Å². The number of benzene rings is 8. The molecular formula is C48H31NO2. The Hall–Kier alpha value is -6.84. The lowest BCUT2D eigenvalue weighted by Gasteiger charge is -2.28. The molecule has 3 nitrogen and oxygen atoms in total. The zero-order valence-electron chi connectivity index (χ0n) is 27.7. The lowest BCUT2D eigenvalue weighted by molar-refractivity contribution is 0.669. The molecule has 0 atom stereocenters. The SMILES string of the molecule is c1ccc(-c2ccc(N(c3ccc(-c4cccc5c4oc4ccccc45)cc3)c3c(-c4ccccc4)ccc4c3oc3ccccc34)cc2)cc1. The predicted molar refractivity (Wildman–Crippen MR) is 212 cm³/mol. The molecule has 51 heavy (non-hydrogen) atoms. The first-order chi connectivity index (χ1) is 25.3. The Morgan fingerprint density at radius 3 is 1.41 bits per heavy atom. The van der Waals surface area contributed by atoms with Gasteiger partial charge in [0.1, 0.15) is 16.7 Å². The van der Waals surface area contributed by atoms with Crippen molar-refractivity contribution >= 4 is 60.9 Å². The van der Waals surface area contributed by atoms with Gasteiger partial charge >= 0.3 is 0 Å². The van der Waals surface area contributed by atoms with Crippen molar-refractivity contribution in [2.75, 3.05) is 4.90 Å². The molecule has 8 aromatic carbocycles. The molecule has 0 aliphatic carbocycles. The van der Waals surface area contributed by atoms with Gasteiger partial charge in [-0.05, 0) is 64.7 Å². The van der Waals surface area contributed by atoms with Gasteiger partial charge in [0.25, 0.3) is 0 Å². The Labute approximate surface area is 295 Å². The molecule has 10 aromatic rings. The van der Waals surface area contributed by atoms with Crippen LogP contribution in [0.4, 0.5) is 17.1 Å². The quantitative estimate of drug-likeness (QED) is 0.179. The van der Waals surface area contributed by atoms with Crippen LogP contribution in [-0.4, -0.2) is 0 Å². The van der Waals surface area contributed by atoms with Gasteiger partial charge in [-0.25, -0.2) is 0 Å². The third kappa shape index (κ3) is 4.90. The maximum Gasteiger partial charge on any atom is 0.160 e. The fourth-order valence-electron chi connectivity index (χ4n) is 7.45. The van der Waals surface area contributed by atoms with E-state index in [1.807, 2.05) is 24.3 Å². The monoisotopic (exact) mass is 653 g/mol. The summed E-state index contributed by atoms with van der Waals surface area (Å²) >= 11 is 0. The van der Waals surface area contributed by atoms with Crippen LogP contribution in [0.15, 0.2) is 197 Å². The van der Waals surface area contributed by atoms with E-state index >= 15 is 0 Å². The first-order valence-electron chi connectivity index (χ1n) is 17.3. The minimum Gasteiger partial charge on any atom is -0.455 e. The highest BCUT2D eigenvalue weighted by Crippen LogP contribution is 2.48. The van der Waals surface area contributed by atoms with Crippen LogP contribution < -0.4 is 4.90 Å². The fraction of sp³-hybridized carbons (Fsp3) is 0. The van der Waals surface area contributed by atoms with Crippen molar-refractivity contribution in [1.82, 2.24) is 0 Å². The molecule has 0 spiro atoms. The molecule has 0 aliphatic heterocycles. The van der Waals surface area contributed by atoms with Crippen molar-refractivity contribution in [1.29, 1.82) is 0 Å². The summed E-state index contributed by atoms with van der Waals surface area (Å²) in [6.07, 6.45) is 0. The van der Waals surface area contributed by atoms with E-state index < -0.39 is 0 Å². The minimum atomic E-state index is 0.848. The van der Waals surface area contributed by atoms with E-state index in [-0.39, 0.29) is 0 Å². The third-order valence-electron chi connectivity index (χ3n) is 9.90. The zero-order chi connectivity index (χ0) is 33.7. The van der Waals surface area contributed by atoms with Crippen LogP contribution in [0.2, 0.25) is 0 Å². The van der Waals surface area contributed by atoms with E-state index in [2.05, 4.69) is 169 Å². The Kier molecular flexibility index (Phi) is 6.81. The standard InChI is InChI=1S/C48H31NO2/c1-3-12-32(13-4-1)33-22-26-36(27-23-33)49(37-28-24-35(25-29-37)39-18-11-19-42-40-16-7-9-20-44(40)50-47(39)42)46-38(34-14-5-2-6-15-34)30-31-43-41-17-8-10-21-45(41)51-48(43)46/h1-31H. The number of rotatable bonds is 6. The van der Waals surface area contributed by atoms with Crippen LogP contribution in [0, 0.1) is 0 Å². The van der Waals surface area contributed by atoms with Gasteiger partial charge in [-0.1, -0.05) is 146 Å². The number of anilines is 3. The van der Waals surface area contributed by atoms with Gasteiger partial charge in [-0.15, -0.1) is 0 Å². The van der Waals surface area contributed by atoms with E-state index in [1.54, 1.807) is 0 Å².